The molecule has 28 heteroatoms. The minimum absolute atomic E-state index is 0.501. The van der Waals surface area contributed by atoms with E-state index in [4.69, 9.17) is 67.1 Å². The van der Waals surface area contributed by atoms with Crippen LogP contribution >= 0.6 is 11.5 Å². The number of rotatable bonds is 9. The first kappa shape index (κ1) is 80.5. The van der Waals surface area contributed by atoms with E-state index < -0.39 is 39.2 Å². The fraction of sp³-hybridized carbons (Fsp3) is 0.256. The van der Waals surface area contributed by atoms with Crippen LogP contribution in [0.1, 0.15) is 136 Å². The molecule has 9 aromatic carbocycles. The molecule has 0 saturated heterocycles. The smallest absolute Gasteiger partial charge is 0.181 e. The van der Waals surface area contributed by atoms with Gasteiger partial charge >= 0.3 is 0 Å². The molecule has 0 amide bonds. The van der Waals surface area contributed by atoms with Gasteiger partial charge in [0.1, 0.15) is 22.4 Å². The zero-order chi connectivity index (χ0) is 80.4. The minimum atomic E-state index is -1.02. The van der Waals surface area contributed by atoms with E-state index in [-0.39, 0.29) is 0 Å². The molecule has 0 aliphatic carbocycles. The van der Waals surface area contributed by atoms with Crippen molar-refractivity contribution in [2.75, 3.05) is 40.1 Å². The molecule has 21 N–H and O–H groups in total. The number of nitrogen functional groups attached to an aromatic ring is 7. The molecule has 27 nitrogen and oxygen atoms in total. The number of nitrogens with two attached hydrogens (primary N) is 7. The van der Waals surface area contributed by atoms with E-state index in [9.17, 15) is 35.7 Å². The van der Waals surface area contributed by atoms with Crippen LogP contribution in [0.4, 0.5) is 39.8 Å². The number of fused-ring (bicyclic) bond motifs is 7. The van der Waals surface area contributed by atoms with Gasteiger partial charge in [0.05, 0.1) is 67.1 Å². The lowest BCUT2D eigenvalue weighted by Gasteiger charge is -2.19. The number of aromatic nitrogens is 7. The summed E-state index contributed by atoms with van der Waals surface area (Å²) in [6.45, 7) is 23.7. The van der Waals surface area contributed by atoms with Gasteiger partial charge in [-0.15, -0.1) is 0 Å². The third-order valence-electron chi connectivity index (χ3n) is 17.6. The van der Waals surface area contributed by atoms with Crippen molar-refractivity contribution in [1.29, 1.82) is 0 Å². The Balaban J connectivity index is 0.000000137. The van der Waals surface area contributed by atoms with Crippen LogP contribution in [0.2, 0.25) is 0 Å². The quantitative estimate of drug-likeness (QED) is 0.0597. The number of nitrogens with zero attached hydrogens (tertiary/aromatic N) is 7. The number of anilines is 7. The van der Waals surface area contributed by atoms with Gasteiger partial charge in [0.2, 0.25) is 0 Å². The molecule has 16 rings (SSSR count). The highest BCUT2D eigenvalue weighted by Gasteiger charge is 2.28. The maximum absolute atomic E-state index is 10.2. The summed E-state index contributed by atoms with van der Waals surface area (Å²) in [5, 5.41) is 89.4. The maximum atomic E-state index is 10.2. The Hall–Kier alpha value is -12.0. The molecule has 574 valence electrons. The lowest BCUT2D eigenvalue weighted by Crippen LogP contribution is -2.17. The van der Waals surface area contributed by atoms with Crippen molar-refractivity contribution in [3.8, 4) is 22.5 Å². The summed E-state index contributed by atoms with van der Waals surface area (Å²) in [6, 6.07) is 44.2. The summed E-state index contributed by atoms with van der Waals surface area (Å²) >= 11 is 1.41. The second-order valence-electron chi connectivity index (χ2n) is 30.0. The van der Waals surface area contributed by atoms with E-state index in [1.807, 2.05) is 84.9 Å². The number of oxazole rings is 2. The number of benzene rings is 9. The lowest BCUT2D eigenvalue weighted by atomic mass is 9.94. The second-order valence-corrected chi connectivity index (χ2v) is 30.8. The average Bonchev–Trinajstić information content (AvgIpc) is 1.61. The summed E-state index contributed by atoms with van der Waals surface area (Å²) in [5.41, 5.74) is 51.4. The predicted molar refractivity (Wildman–Crippen MR) is 432 cm³/mol. The topological polar surface area (TPSA) is 493 Å². The van der Waals surface area contributed by atoms with Gasteiger partial charge in [0.15, 0.2) is 46.3 Å². The highest BCUT2D eigenvalue weighted by Crippen LogP contribution is 2.40. The van der Waals surface area contributed by atoms with Crippen molar-refractivity contribution >= 4 is 128 Å². The molecule has 110 heavy (non-hydrogen) atoms. The van der Waals surface area contributed by atoms with E-state index in [2.05, 4.69) is 35.0 Å². The molecular weight excluding hydrogens is 1420 g/mol. The highest BCUT2D eigenvalue weighted by molar-refractivity contribution is 7.13. The van der Waals surface area contributed by atoms with E-state index in [1.54, 1.807) is 176 Å². The molecule has 0 unspecified atom stereocenters. The van der Waals surface area contributed by atoms with Gasteiger partial charge in [-0.05, 0) is 175 Å². The molecule has 0 atom stereocenters. The SMILES string of the molecule is CC(C)(O)c1cc2c(-c3ccccc3)noc2cc1N.CC(C)(O)c1cc2cnoc2cc1N.CC(C)(O)c1cc2ncoc2cc1N.CC(C)(O)c1cc2ocnc2cc1N.CC(C)(O)c1cc2onc(-c3ccccc3)c2cc1N.CC(C)(O)c1cc2oncc2cc1N.CC(C)(O)c1cc2sncc2cc1N. The van der Waals surface area contributed by atoms with Gasteiger partial charge < -0.3 is 103 Å². The summed E-state index contributed by atoms with van der Waals surface area (Å²) in [6.07, 6.45) is 7.70. The zero-order valence-electron chi connectivity index (χ0n) is 63.4. The van der Waals surface area contributed by atoms with Crippen molar-refractivity contribution in [1.82, 2.24) is 35.0 Å². The van der Waals surface area contributed by atoms with Crippen LogP contribution in [0.5, 0.6) is 0 Å². The molecular formula is C82H92N14O13S. The molecule has 7 aromatic heterocycles. The van der Waals surface area contributed by atoms with Crippen LogP contribution in [0.3, 0.4) is 0 Å². The highest BCUT2D eigenvalue weighted by atomic mass is 32.1. The Morgan fingerprint density at radius 3 is 1.12 bits per heavy atom. The van der Waals surface area contributed by atoms with Gasteiger partial charge in [0.25, 0.3) is 0 Å². The Labute approximate surface area is 636 Å². The largest absolute Gasteiger partial charge is 0.443 e. The standard InChI is InChI=1S/2C16H16N2O2.4C10H12N2O2.C10H12N2OS/c1-16(2,19)12-9-14-11(8-13(12)17)15(18-20-14)10-6-4-3-5-7-10;1-16(2,19)12-8-11-14(9-13(12)17)20-18-15(11)10-6-4-3-5-7-10;1-10(2,13)6-3-9-8(4-7(6)11)12-5-14-9;1-10(2,13)6-3-8-9(4-7(6)11)14-5-12-8;1-10(2,13)7-4-9-6(3-8(7)11)5-12-14-9;1-10(2,13)7-3-6-5-12-14-9(6)4-8(7)11;1-10(2,13)7-4-9-6(3-8(7)11)5-12-14-9/h2*3-9,19H,17H2,1-2H3;5*3-5,13H,11H2,1-2H3. The Morgan fingerprint density at radius 1 is 0.309 bits per heavy atom. The van der Waals surface area contributed by atoms with Gasteiger partial charge in [-0.2, -0.15) is 4.37 Å². The third kappa shape index (κ3) is 18.9. The van der Waals surface area contributed by atoms with Crippen molar-refractivity contribution in [2.45, 2.75) is 136 Å². The third-order valence-corrected chi connectivity index (χ3v) is 18.3. The van der Waals surface area contributed by atoms with E-state index in [0.717, 1.165) is 59.7 Å². The monoisotopic (exact) mass is 1510 g/mol. The van der Waals surface area contributed by atoms with Crippen LogP contribution in [0.25, 0.3) is 98.7 Å². The van der Waals surface area contributed by atoms with Crippen LogP contribution < -0.4 is 40.1 Å². The zero-order valence-corrected chi connectivity index (χ0v) is 64.2. The Kier molecular flexibility index (Phi) is 22.9. The van der Waals surface area contributed by atoms with Crippen molar-refractivity contribution in [3.63, 3.8) is 0 Å². The summed E-state index contributed by atoms with van der Waals surface area (Å²) in [7, 11) is 0. The summed E-state index contributed by atoms with van der Waals surface area (Å²) in [5.74, 6) is 0. The normalized spacial score (nSPS) is 12.1. The van der Waals surface area contributed by atoms with E-state index in [1.165, 1.54) is 24.3 Å². The maximum Gasteiger partial charge on any atom is 0.181 e. The number of hydrogen-bond acceptors (Lipinski definition) is 28. The fourth-order valence-corrected chi connectivity index (χ4v) is 12.6. The molecule has 0 saturated carbocycles. The van der Waals surface area contributed by atoms with Crippen LogP contribution in [0, 0.1) is 0 Å². The molecule has 0 aliphatic rings. The van der Waals surface area contributed by atoms with Crippen LogP contribution in [0.15, 0.2) is 204 Å². The van der Waals surface area contributed by atoms with Gasteiger partial charge in [0, 0.05) is 130 Å². The van der Waals surface area contributed by atoms with Gasteiger partial charge in [-0.1, -0.05) is 81.3 Å². The van der Waals surface area contributed by atoms with E-state index in [0.29, 0.717) is 118 Å². The minimum Gasteiger partial charge on any atom is -0.443 e. The Bertz CT molecular complexity index is 5330. The summed E-state index contributed by atoms with van der Waals surface area (Å²) in [4.78, 5) is 7.98. The molecule has 0 spiro atoms. The molecule has 7 heterocycles. The van der Waals surface area contributed by atoms with Crippen molar-refractivity contribution < 1.29 is 62.7 Å². The van der Waals surface area contributed by atoms with Crippen LogP contribution in [-0.4, -0.2) is 70.7 Å². The predicted octanol–water partition coefficient (Wildman–Crippen LogP) is 15.3. The van der Waals surface area contributed by atoms with Crippen molar-refractivity contribution in [3.05, 3.63) is 216 Å². The first-order chi connectivity index (χ1) is 51.3. The van der Waals surface area contributed by atoms with Crippen molar-refractivity contribution in [2.24, 2.45) is 0 Å². The molecule has 0 fully saturated rings. The number of aliphatic hydroxyl groups is 7. The Morgan fingerprint density at radius 2 is 0.636 bits per heavy atom. The fourth-order valence-electron chi connectivity index (χ4n) is 12.0. The van der Waals surface area contributed by atoms with Crippen LogP contribution in [-0.2, 0) is 39.2 Å². The molecule has 0 aliphatic heterocycles. The molecule has 16 aromatic rings. The molecule has 0 bridgehead atoms. The lowest BCUT2D eigenvalue weighted by molar-refractivity contribution is 0.0788. The first-order valence-corrected chi connectivity index (χ1v) is 35.4. The van der Waals surface area contributed by atoms with E-state index >= 15 is 0 Å². The summed E-state index contributed by atoms with van der Waals surface area (Å²) < 4.78 is 36.0. The van der Waals surface area contributed by atoms with Gasteiger partial charge in [-0.25, -0.2) is 9.97 Å². The van der Waals surface area contributed by atoms with Gasteiger partial charge in [-0.3, -0.25) is 0 Å². The molecule has 0 radical (unpaired) electrons. The second kappa shape index (κ2) is 31.3. The first-order valence-electron chi connectivity index (χ1n) is 34.6. The average molecular weight is 1510 g/mol. The number of hydrogen-bond donors (Lipinski definition) is 14.